The predicted molar refractivity (Wildman–Crippen MR) is 89.5 cm³/mol. The zero-order valence-corrected chi connectivity index (χ0v) is 13.5. The highest BCUT2D eigenvalue weighted by Gasteiger charge is 2.20. The summed E-state index contributed by atoms with van der Waals surface area (Å²) in [6.45, 7) is 0. The van der Waals surface area contributed by atoms with E-state index < -0.39 is 10.0 Å². The van der Waals surface area contributed by atoms with Crippen LogP contribution in [0.1, 0.15) is 11.1 Å². The molecule has 1 heterocycles. The molecule has 2 aromatic rings. The lowest BCUT2D eigenvalue weighted by atomic mass is 10.1. The fourth-order valence-corrected chi connectivity index (χ4v) is 3.26. The van der Waals surface area contributed by atoms with Crippen LogP contribution in [0.25, 0.3) is 5.70 Å². The molecule has 0 atom stereocenters. The van der Waals surface area contributed by atoms with Gasteiger partial charge in [0.1, 0.15) is 0 Å². The molecule has 0 fully saturated rings. The van der Waals surface area contributed by atoms with E-state index in [1.165, 1.54) is 0 Å². The summed E-state index contributed by atoms with van der Waals surface area (Å²) in [5, 5.41) is 4.84. The van der Waals surface area contributed by atoms with Crippen molar-refractivity contribution >= 4 is 44.8 Å². The number of rotatable bonds is 2. The molecule has 3 rings (SSSR count). The van der Waals surface area contributed by atoms with Gasteiger partial charge in [-0.25, -0.2) is 0 Å². The van der Waals surface area contributed by atoms with Crippen molar-refractivity contribution in [2.75, 3.05) is 0 Å². The summed E-state index contributed by atoms with van der Waals surface area (Å²) in [5.41, 5.74) is 1.69. The predicted octanol–water partition coefficient (Wildman–Crippen LogP) is 3.67. The molecule has 0 saturated heterocycles. The van der Waals surface area contributed by atoms with E-state index in [2.05, 4.69) is 9.71 Å². The van der Waals surface area contributed by atoms with Gasteiger partial charge < -0.3 is 5.32 Å². The third-order valence-corrected chi connectivity index (χ3v) is 4.73. The van der Waals surface area contributed by atoms with Gasteiger partial charge in [0.25, 0.3) is 10.0 Å². The lowest BCUT2D eigenvalue weighted by Gasteiger charge is -2.17. The van der Waals surface area contributed by atoms with Gasteiger partial charge in [-0.1, -0.05) is 59.6 Å². The lowest BCUT2D eigenvalue weighted by molar-refractivity contribution is 0.606. The van der Waals surface area contributed by atoms with Crippen molar-refractivity contribution in [1.82, 2.24) is 5.32 Å². The molecular formula is C15H10Cl2N2O2S. The van der Waals surface area contributed by atoms with Gasteiger partial charge in [-0.2, -0.15) is 8.42 Å². The Hall–Kier alpha value is -1.82. The smallest absolute Gasteiger partial charge is 0.279 e. The van der Waals surface area contributed by atoms with Crippen LogP contribution >= 0.6 is 23.2 Å². The first kappa shape index (κ1) is 15.1. The van der Waals surface area contributed by atoms with Crippen LogP contribution in [0.4, 0.5) is 0 Å². The topological polar surface area (TPSA) is 58.5 Å². The Bertz CT molecular complexity index is 891. The number of amidine groups is 1. The number of hydrogen-bond acceptors (Lipinski definition) is 3. The summed E-state index contributed by atoms with van der Waals surface area (Å²) in [6, 6.07) is 13.9. The van der Waals surface area contributed by atoms with Gasteiger partial charge in [-0.05, 0) is 12.1 Å². The van der Waals surface area contributed by atoms with Crippen LogP contribution in [0.15, 0.2) is 58.3 Å². The fourth-order valence-electron chi connectivity index (χ4n) is 2.01. The molecule has 0 spiro atoms. The van der Waals surface area contributed by atoms with Crippen LogP contribution in [0, 0.1) is 0 Å². The van der Waals surface area contributed by atoms with E-state index in [0.717, 1.165) is 5.41 Å². The van der Waals surface area contributed by atoms with E-state index in [1.54, 1.807) is 30.3 Å². The van der Waals surface area contributed by atoms with Crippen LogP contribution in [0.2, 0.25) is 10.0 Å². The first-order chi connectivity index (χ1) is 10.4. The van der Waals surface area contributed by atoms with Crippen LogP contribution in [-0.4, -0.2) is 14.3 Å². The Balaban J connectivity index is 2.04. The Morgan fingerprint density at radius 3 is 2.32 bits per heavy atom. The highest BCUT2D eigenvalue weighted by Crippen LogP contribution is 2.27. The standard InChI is InChI=1S/C15H10Cl2N2O2S/c16-12-7-6-11(8-13(12)17)14-9-22(20,21)19-15(18-14)10-4-2-1-3-5-10/h1-9H,(H,18,19). The van der Waals surface area contributed by atoms with E-state index in [9.17, 15) is 8.42 Å². The van der Waals surface area contributed by atoms with Crippen LogP contribution < -0.4 is 5.32 Å². The molecular weight excluding hydrogens is 343 g/mol. The lowest BCUT2D eigenvalue weighted by Crippen LogP contribution is -2.28. The normalized spacial score (nSPS) is 16.5. The molecule has 0 radical (unpaired) electrons. The first-order valence-electron chi connectivity index (χ1n) is 6.29. The van der Waals surface area contributed by atoms with E-state index in [0.29, 0.717) is 26.9 Å². The number of hydrogen-bond donors (Lipinski definition) is 1. The molecule has 0 unspecified atom stereocenters. The summed E-state index contributed by atoms with van der Waals surface area (Å²) in [5.74, 6) is 0.268. The summed E-state index contributed by atoms with van der Waals surface area (Å²) in [7, 11) is -3.71. The molecule has 112 valence electrons. The molecule has 22 heavy (non-hydrogen) atoms. The third kappa shape index (κ3) is 3.16. The maximum absolute atomic E-state index is 12.0. The van der Waals surface area contributed by atoms with Crippen LogP contribution in [0.5, 0.6) is 0 Å². The minimum absolute atomic E-state index is 0.268. The Kier molecular flexibility index (Phi) is 3.95. The molecule has 0 aliphatic carbocycles. The number of halogens is 2. The molecule has 2 aromatic carbocycles. The first-order valence-corrected chi connectivity index (χ1v) is 8.55. The van der Waals surface area contributed by atoms with Crippen molar-refractivity contribution in [2.45, 2.75) is 0 Å². The van der Waals surface area contributed by atoms with E-state index in [4.69, 9.17) is 23.2 Å². The zero-order valence-electron chi connectivity index (χ0n) is 11.1. The van der Waals surface area contributed by atoms with E-state index in [1.807, 2.05) is 18.2 Å². The van der Waals surface area contributed by atoms with Crippen molar-refractivity contribution in [3.63, 3.8) is 0 Å². The average Bonchev–Trinajstić information content (AvgIpc) is 2.49. The fraction of sp³-hybridized carbons (Fsp3) is 0. The Labute approximate surface area is 138 Å². The average molecular weight is 353 g/mol. The maximum Gasteiger partial charge on any atom is 0.279 e. The SMILES string of the molecule is O=S1(=O)C=C(c2ccc(Cl)c(Cl)c2)NC(c2ccccc2)=N1. The largest absolute Gasteiger partial charge is 0.338 e. The Morgan fingerprint density at radius 1 is 0.909 bits per heavy atom. The molecule has 1 N–H and O–H groups in total. The van der Waals surface area contributed by atoms with Gasteiger partial charge in [0, 0.05) is 11.1 Å². The van der Waals surface area contributed by atoms with Gasteiger partial charge in [0.05, 0.1) is 21.2 Å². The van der Waals surface area contributed by atoms with Gasteiger partial charge >= 0.3 is 0 Å². The van der Waals surface area contributed by atoms with Gasteiger partial charge in [0.15, 0.2) is 5.84 Å². The Morgan fingerprint density at radius 2 is 1.64 bits per heavy atom. The zero-order chi connectivity index (χ0) is 15.7. The molecule has 0 amide bonds. The number of nitrogens with zero attached hydrogens (tertiary/aromatic N) is 1. The van der Waals surface area contributed by atoms with Crippen molar-refractivity contribution in [3.05, 3.63) is 75.1 Å². The second-order valence-electron chi connectivity index (χ2n) is 4.61. The monoisotopic (exact) mass is 352 g/mol. The summed E-state index contributed by atoms with van der Waals surface area (Å²) < 4.78 is 27.8. The van der Waals surface area contributed by atoms with Crippen LogP contribution in [0.3, 0.4) is 0 Å². The summed E-state index contributed by atoms with van der Waals surface area (Å²) >= 11 is 11.9. The van der Waals surface area contributed by atoms with Gasteiger partial charge in [-0.3, -0.25) is 0 Å². The van der Waals surface area contributed by atoms with E-state index >= 15 is 0 Å². The molecule has 1 aliphatic rings. The third-order valence-electron chi connectivity index (χ3n) is 3.02. The van der Waals surface area contributed by atoms with Crippen molar-refractivity contribution in [2.24, 2.45) is 4.40 Å². The minimum atomic E-state index is -3.71. The molecule has 0 bridgehead atoms. The molecule has 7 heteroatoms. The van der Waals surface area contributed by atoms with Crippen LogP contribution in [-0.2, 0) is 10.0 Å². The second kappa shape index (κ2) is 5.76. The number of benzene rings is 2. The summed E-state index contributed by atoms with van der Waals surface area (Å²) in [4.78, 5) is 0. The summed E-state index contributed by atoms with van der Waals surface area (Å²) in [6.07, 6.45) is 0. The van der Waals surface area contributed by atoms with Gasteiger partial charge in [0.2, 0.25) is 0 Å². The van der Waals surface area contributed by atoms with Gasteiger partial charge in [-0.15, -0.1) is 4.40 Å². The maximum atomic E-state index is 12.0. The highest BCUT2D eigenvalue weighted by molar-refractivity contribution is 7.93. The quantitative estimate of drug-likeness (QED) is 0.896. The molecule has 1 aliphatic heterocycles. The molecule has 4 nitrogen and oxygen atoms in total. The van der Waals surface area contributed by atoms with E-state index in [-0.39, 0.29) is 5.84 Å². The molecule has 0 aromatic heterocycles. The number of nitrogens with one attached hydrogen (secondary N) is 1. The van der Waals surface area contributed by atoms with Crippen molar-refractivity contribution in [3.8, 4) is 0 Å². The minimum Gasteiger partial charge on any atom is -0.338 e. The number of sulfonamides is 1. The van der Waals surface area contributed by atoms with Crippen molar-refractivity contribution in [1.29, 1.82) is 0 Å². The highest BCUT2D eigenvalue weighted by atomic mass is 35.5. The molecule has 0 saturated carbocycles. The van der Waals surface area contributed by atoms with Crippen molar-refractivity contribution < 1.29 is 8.42 Å². The second-order valence-corrected chi connectivity index (χ2v) is 6.87.